The maximum atomic E-state index is 15.0. The van der Waals surface area contributed by atoms with E-state index in [9.17, 15) is 9.59 Å². The van der Waals surface area contributed by atoms with Crippen LogP contribution >= 0.6 is 11.8 Å². The molecule has 2 bridgehead atoms. The first-order chi connectivity index (χ1) is 13.9. The Hall–Kier alpha value is -2.03. The van der Waals surface area contributed by atoms with Gasteiger partial charge in [0.1, 0.15) is 11.8 Å². The number of rotatable bonds is 5. The summed E-state index contributed by atoms with van der Waals surface area (Å²) < 4.78 is 35.4. The van der Waals surface area contributed by atoms with Crippen molar-refractivity contribution in [2.75, 3.05) is 27.9 Å². The third-order valence-electron chi connectivity index (χ3n) is 6.68. The van der Waals surface area contributed by atoms with Gasteiger partial charge in [-0.3, -0.25) is 9.69 Å². The van der Waals surface area contributed by atoms with Crippen LogP contribution in [0.5, 0.6) is 0 Å². The Kier molecular flexibility index (Phi) is 4.42. The lowest BCUT2D eigenvalue weighted by Crippen LogP contribution is -2.43. The summed E-state index contributed by atoms with van der Waals surface area (Å²) in [6.07, 6.45) is 2.44. The number of amides is 2. The molecule has 2 amide bonds. The van der Waals surface area contributed by atoms with Crippen LogP contribution in [0.1, 0.15) is 32.1 Å². The van der Waals surface area contributed by atoms with Crippen molar-refractivity contribution in [3.8, 4) is 0 Å². The normalized spacial score (nSPS) is 29.9. The van der Waals surface area contributed by atoms with Gasteiger partial charge in [0.2, 0.25) is 5.91 Å². The van der Waals surface area contributed by atoms with Gasteiger partial charge < -0.3 is 15.4 Å². The van der Waals surface area contributed by atoms with Crippen LogP contribution in [0.15, 0.2) is 12.1 Å². The molecule has 3 heterocycles. The maximum absolute atomic E-state index is 15.0. The molecule has 3 aliphatic heterocycles. The van der Waals surface area contributed by atoms with Crippen molar-refractivity contribution in [3.05, 3.63) is 23.8 Å². The molecule has 9 heteroatoms. The van der Waals surface area contributed by atoms with E-state index in [0.29, 0.717) is 19.3 Å². The van der Waals surface area contributed by atoms with E-state index >= 15 is 8.78 Å². The van der Waals surface area contributed by atoms with E-state index in [4.69, 9.17) is 10.5 Å². The predicted octanol–water partition coefficient (Wildman–Crippen LogP) is 3.03. The highest BCUT2D eigenvalue weighted by Gasteiger charge is 2.52. The number of fused-ring (bicyclic) bond motifs is 2. The number of ether oxygens (including phenoxy) is 1. The number of anilines is 2. The zero-order chi connectivity index (χ0) is 20.3. The molecule has 3 saturated heterocycles. The van der Waals surface area contributed by atoms with Gasteiger partial charge in [0.05, 0.1) is 17.6 Å². The van der Waals surface area contributed by atoms with Crippen LogP contribution in [0, 0.1) is 17.0 Å². The molecule has 6 nitrogen and oxygen atoms in total. The highest BCUT2D eigenvalue weighted by Crippen LogP contribution is 2.50. The Morgan fingerprint density at radius 2 is 1.83 bits per heavy atom. The Balaban J connectivity index is 1.37. The minimum absolute atomic E-state index is 0.0105. The molecular formula is C20H23F2N3O3S. The average molecular weight is 423 g/mol. The number of nitrogens with two attached hydrogens (primary N) is 1. The largest absolute Gasteiger partial charge is 0.444 e. The monoisotopic (exact) mass is 423 g/mol. The number of nitrogens with zero attached hydrogens (tertiary/aromatic N) is 2. The van der Waals surface area contributed by atoms with Gasteiger partial charge in [-0.15, -0.1) is 0 Å². The number of cyclic esters (lactones) is 1. The van der Waals surface area contributed by atoms with Crippen molar-refractivity contribution in [2.24, 2.45) is 11.1 Å². The standard InChI is InChI=1S/C20H23F2N3O3S/c21-15-5-13(6-16(22)17(15)25-11-1-2-12(25)10-29-9-11)24-8-14(28-19(24)27)7-20(3-4-20)18(23)26/h5-6,11-12,14H,1-4,7-10H2,(H2,23,26)/t11-,12+,14-/m0/s1. The van der Waals surface area contributed by atoms with E-state index in [1.54, 1.807) is 0 Å². The summed E-state index contributed by atoms with van der Waals surface area (Å²) in [4.78, 5) is 27.0. The first kappa shape index (κ1) is 19.0. The van der Waals surface area contributed by atoms with Crippen molar-refractivity contribution < 1.29 is 23.1 Å². The van der Waals surface area contributed by atoms with Crippen LogP contribution in [0.4, 0.5) is 25.0 Å². The molecule has 1 aromatic rings. The van der Waals surface area contributed by atoms with Gasteiger partial charge in [-0.1, -0.05) is 0 Å². The highest BCUT2D eigenvalue weighted by molar-refractivity contribution is 7.99. The Morgan fingerprint density at radius 1 is 1.21 bits per heavy atom. The second-order valence-corrected chi connectivity index (χ2v) is 9.63. The number of carbonyl (C=O) groups is 2. The molecule has 0 radical (unpaired) electrons. The zero-order valence-electron chi connectivity index (χ0n) is 15.9. The van der Waals surface area contributed by atoms with E-state index in [0.717, 1.165) is 24.3 Å². The SMILES string of the molecule is NC(=O)C1(C[C@H]2CN(c3cc(F)c(N4[C@@H]5CC[C@H]4CSC5)c(F)c3)C(=O)O2)CC1. The molecule has 1 aromatic carbocycles. The van der Waals surface area contributed by atoms with Gasteiger partial charge in [-0.2, -0.15) is 11.8 Å². The number of primary amides is 1. The van der Waals surface area contributed by atoms with E-state index in [1.807, 2.05) is 16.7 Å². The van der Waals surface area contributed by atoms with Crippen molar-refractivity contribution in [3.63, 3.8) is 0 Å². The summed E-state index contributed by atoms with van der Waals surface area (Å²) >= 11 is 1.83. The zero-order valence-corrected chi connectivity index (χ0v) is 16.7. The van der Waals surface area contributed by atoms with Gasteiger partial charge in [-0.05, 0) is 25.7 Å². The van der Waals surface area contributed by atoms with Crippen LogP contribution in [0.3, 0.4) is 0 Å². The summed E-state index contributed by atoms with van der Waals surface area (Å²) in [5, 5.41) is 0. The van der Waals surface area contributed by atoms with Gasteiger partial charge in [0, 0.05) is 42.1 Å². The topological polar surface area (TPSA) is 75.9 Å². The molecule has 2 N–H and O–H groups in total. The summed E-state index contributed by atoms with van der Waals surface area (Å²) in [6.45, 7) is 0.150. The molecule has 5 rings (SSSR count). The Labute approximate surface area is 171 Å². The minimum atomic E-state index is -0.657. The predicted molar refractivity (Wildman–Crippen MR) is 106 cm³/mol. The lowest BCUT2D eigenvalue weighted by Gasteiger charge is -2.37. The Morgan fingerprint density at radius 3 is 2.38 bits per heavy atom. The van der Waals surface area contributed by atoms with Gasteiger partial charge in [-0.25, -0.2) is 13.6 Å². The van der Waals surface area contributed by atoms with Crippen LogP contribution in [0.25, 0.3) is 0 Å². The second kappa shape index (κ2) is 6.75. The highest BCUT2D eigenvalue weighted by atomic mass is 32.2. The molecule has 4 fully saturated rings. The number of carbonyl (C=O) groups excluding carboxylic acids is 2. The first-order valence-electron chi connectivity index (χ1n) is 10.0. The number of thioether (sulfide) groups is 1. The molecule has 0 aromatic heterocycles. The lowest BCUT2D eigenvalue weighted by molar-refractivity contribution is -0.124. The van der Waals surface area contributed by atoms with E-state index in [2.05, 4.69) is 0 Å². The van der Waals surface area contributed by atoms with Crippen LogP contribution < -0.4 is 15.5 Å². The lowest BCUT2D eigenvalue weighted by atomic mass is 9.97. The molecule has 0 unspecified atom stereocenters. The fourth-order valence-corrected chi connectivity index (χ4v) is 6.26. The van der Waals surface area contributed by atoms with E-state index in [1.165, 1.54) is 17.0 Å². The summed E-state index contributed by atoms with van der Waals surface area (Å²) in [5.41, 5.74) is 4.99. The maximum Gasteiger partial charge on any atom is 0.414 e. The smallest absolute Gasteiger partial charge is 0.414 e. The van der Waals surface area contributed by atoms with Gasteiger partial charge in [0.15, 0.2) is 11.6 Å². The third kappa shape index (κ3) is 3.14. The van der Waals surface area contributed by atoms with Crippen molar-refractivity contribution in [1.82, 2.24) is 0 Å². The number of hydrogen-bond donors (Lipinski definition) is 1. The molecule has 1 saturated carbocycles. The number of halogens is 2. The first-order valence-corrected chi connectivity index (χ1v) is 11.2. The fraction of sp³-hybridized carbons (Fsp3) is 0.600. The molecule has 1 aliphatic carbocycles. The quantitative estimate of drug-likeness (QED) is 0.788. The third-order valence-corrected chi connectivity index (χ3v) is 7.92. The number of hydrogen-bond acceptors (Lipinski definition) is 5. The summed E-state index contributed by atoms with van der Waals surface area (Å²) in [5.74, 6) is 0.0482. The summed E-state index contributed by atoms with van der Waals surface area (Å²) in [7, 11) is 0. The molecule has 3 atom stereocenters. The molecule has 4 aliphatic rings. The van der Waals surface area contributed by atoms with Crippen LogP contribution in [-0.2, 0) is 9.53 Å². The molecule has 0 spiro atoms. The minimum Gasteiger partial charge on any atom is -0.444 e. The fourth-order valence-electron chi connectivity index (χ4n) is 4.92. The van der Waals surface area contributed by atoms with Crippen LogP contribution in [0.2, 0.25) is 0 Å². The molecular weight excluding hydrogens is 400 g/mol. The van der Waals surface area contributed by atoms with Crippen LogP contribution in [-0.4, -0.2) is 48.2 Å². The molecule has 29 heavy (non-hydrogen) atoms. The second-order valence-electron chi connectivity index (χ2n) is 8.55. The van der Waals surface area contributed by atoms with Crippen molar-refractivity contribution >= 4 is 35.1 Å². The van der Waals surface area contributed by atoms with E-state index in [-0.39, 0.29) is 35.9 Å². The van der Waals surface area contributed by atoms with Crippen molar-refractivity contribution in [1.29, 1.82) is 0 Å². The number of benzene rings is 1. The Bertz CT molecular complexity index is 840. The van der Waals surface area contributed by atoms with Crippen molar-refractivity contribution in [2.45, 2.75) is 50.3 Å². The summed E-state index contributed by atoms with van der Waals surface area (Å²) in [6, 6.07) is 2.73. The molecule has 156 valence electrons. The van der Waals surface area contributed by atoms with Gasteiger partial charge >= 0.3 is 6.09 Å². The van der Waals surface area contributed by atoms with Gasteiger partial charge in [0.25, 0.3) is 0 Å². The van der Waals surface area contributed by atoms with E-state index < -0.39 is 29.2 Å². The average Bonchev–Trinajstić information content (AvgIpc) is 3.30.